The molecule has 0 radical (unpaired) electrons. The van der Waals surface area contributed by atoms with E-state index in [9.17, 15) is 9.59 Å². The maximum absolute atomic E-state index is 11.5. The molecule has 0 aliphatic rings. The lowest BCUT2D eigenvalue weighted by atomic mass is 10.2. The number of anilines is 1. The Kier molecular flexibility index (Phi) is 4.66. The third kappa shape index (κ3) is 4.65. The highest BCUT2D eigenvalue weighted by Gasteiger charge is 2.05. The van der Waals surface area contributed by atoms with Gasteiger partial charge in [-0.15, -0.1) is 0 Å². The monoisotopic (exact) mass is 236 g/mol. The van der Waals surface area contributed by atoms with Crippen molar-refractivity contribution < 1.29 is 14.7 Å². The molecule has 0 fully saturated rings. The molecule has 5 heteroatoms. The van der Waals surface area contributed by atoms with Crippen LogP contribution in [0.5, 0.6) is 0 Å². The predicted molar refractivity (Wildman–Crippen MR) is 65.2 cm³/mol. The van der Waals surface area contributed by atoms with Crippen molar-refractivity contribution >= 4 is 17.6 Å². The number of nitrogens with one attached hydrogen (secondary N) is 1. The number of aromatic carboxylic acids is 1. The fraction of sp³-hybridized carbons (Fsp3) is 0.333. The first-order valence-electron chi connectivity index (χ1n) is 5.27. The molecule has 0 heterocycles. The van der Waals surface area contributed by atoms with Crippen LogP contribution in [-0.2, 0) is 4.79 Å². The summed E-state index contributed by atoms with van der Waals surface area (Å²) in [7, 11) is 3.80. The van der Waals surface area contributed by atoms with E-state index in [0.717, 1.165) is 0 Å². The van der Waals surface area contributed by atoms with Crippen molar-refractivity contribution in [3.05, 3.63) is 29.8 Å². The lowest BCUT2D eigenvalue weighted by Gasteiger charge is -2.09. The molecule has 0 spiro atoms. The molecule has 0 unspecified atom stereocenters. The smallest absolute Gasteiger partial charge is 0.335 e. The summed E-state index contributed by atoms with van der Waals surface area (Å²) in [4.78, 5) is 24.0. The van der Waals surface area contributed by atoms with E-state index in [1.54, 1.807) is 12.1 Å². The molecule has 1 amide bonds. The van der Waals surface area contributed by atoms with Crippen molar-refractivity contribution in [2.24, 2.45) is 0 Å². The van der Waals surface area contributed by atoms with Gasteiger partial charge >= 0.3 is 5.97 Å². The lowest BCUT2D eigenvalue weighted by molar-refractivity contribution is -0.116. The minimum Gasteiger partial charge on any atom is -0.478 e. The fourth-order valence-corrected chi connectivity index (χ4v) is 1.24. The van der Waals surface area contributed by atoms with Gasteiger partial charge in [0.2, 0.25) is 5.91 Å². The van der Waals surface area contributed by atoms with Crippen LogP contribution in [-0.4, -0.2) is 42.5 Å². The average molecular weight is 236 g/mol. The second-order valence-electron chi connectivity index (χ2n) is 3.98. The summed E-state index contributed by atoms with van der Waals surface area (Å²) in [5.41, 5.74) is 0.815. The molecule has 0 aliphatic carbocycles. The zero-order valence-electron chi connectivity index (χ0n) is 9.93. The summed E-state index contributed by atoms with van der Waals surface area (Å²) in [6, 6.07) is 6.09. The van der Waals surface area contributed by atoms with Gasteiger partial charge in [-0.3, -0.25) is 4.79 Å². The van der Waals surface area contributed by atoms with E-state index in [4.69, 9.17) is 5.11 Å². The van der Waals surface area contributed by atoms with Gasteiger partial charge in [-0.1, -0.05) is 0 Å². The van der Waals surface area contributed by atoms with Crippen molar-refractivity contribution in [3.8, 4) is 0 Å². The number of rotatable bonds is 5. The largest absolute Gasteiger partial charge is 0.478 e. The van der Waals surface area contributed by atoms with Crippen LogP contribution in [0.4, 0.5) is 5.69 Å². The van der Waals surface area contributed by atoms with Crippen LogP contribution in [0.1, 0.15) is 16.8 Å². The molecule has 17 heavy (non-hydrogen) atoms. The van der Waals surface area contributed by atoms with Crippen molar-refractivity contribution in [1.82, 2.24) is 4.90 Å². The zero-order chi connectivity index (χ0) is 12.8. The van der Waals surface area contributed by atoms with E-state index < -0.39 is 5.97 Å². The minimum atomic E-state index is -0.976. The number of carboxylic acids is 1. The minimum absolute atomic E-state index is 0.0817. The normalized spacial score (nSPS) is 10.3. The summed E-state index contributed by atoms with van der Waals surface area (Å²) < 4.78 is 0. The third-order valence-electron chi connectivity index (χ3n) is 2.20. The molecule has 2 N–H and O–H groups in total. The summed E-state index contributed by atoms with van der Waals surface area (Å²) in [6.45, 7) is 0.680. The van der Waals surface area contributed by atoms with Gasteiger partial charge in [0.1, 0.15) is 0 Å². The highest BCUT2D eigenvalue weighted by atomic mass is 16.4. The van der Waals surface area contributed by atoms with Crippen molar-refractivity contribution in [3.63, 3.8) is 0 Å². The Morgan fingerprint density at radius 1 is 1.24 bits per heavy atom. The van der Waals surface area contributed by atoms with Crippen LogP contribution in [0, 0.1) is 0 Å². The summed E-state index contributed by atoms with van der Waals surface area (Å²) in [5, 5.41) is 11.4. The Balaban J connectivity index is 2.51. The van der Waals surface area contributed by atoms with E-state index >= 15 is 0 Å². The number of nitrogens with zero attached hydrogens (tertiary/aromatic N) is 1. The number of hydrogen-bond donors (Lipinski definition) is 2. The Bertz CT molecular complexity index is 399. The van der Waals surface area contributed by atoms with E-state index in [1.165, 1.54) is 12.1 Å². The fourth-order valence-electron chi connectivity index (χ4n) is 1.24. The molecule has 1 aromatic rings. The Labute approximate surface area is 100 Å². The lowest BCUT2D eigenvalue weighted by Crippen LogP contribution is -2.20. The molecule has 0 bridgehead atoms. The van der Waals surface area contributed by atoms with Gasteiger partial charge in [-0.2, -0.15) is 0 Å². The molecule has 0 saturated heterocycles. The van der Waals surface area contributed by atoms with Gasteiger partial charge < -0.3 is 15.3 Å². The zero-order valence-corrected chi connectivity index (χ0v) is 9.93. The van der Waals surface area contributed by atoms with Crippen LogP contribution in [0.3, 0.4) is 0 Å². The summed E-state index contributed by atoms with van der Waals surface area (Å²) in [6.07, 6.45) is 0.410. The first-order valence-corrected chi connectivity index (χ1v) is 5.27. The molecule has 0 saturated carbocycles. The van der Waals surface area contributed by atoms with Crippen LogP contribution in [0.15, 0.2) is 24.3 Å². The highest BCUT2D eigenvalue weighted by Crippen LogP contribution is 2.09. The number of amides is 1. The van der Waals surface area contributed by atoms with Crippen molar-refractivity contribution in [2.45, 2.75) is 6.42 Å². The number of carbonyl (C=O) groups excluding carboxylic acids is 1. The Morgan fingerprint density at radius 2 is 1.82 bits per heavy atom. The standard InChI is InChI=1S/C12H16N2O3/c1-14(2)8-7-11(15)13-10-5-3-9(4-6-10)12(16)17/h3-6H,7-8H2,1-2H3,(H,13,15)(H,16,17). The first kappa shape index (κ1) is 13.2. The molecule has 0 aromatic heterocycles. The van der Waals surface area contributed by atoms with Gasteiger partial charge in [-0.25, -0.2) is 4.79 Å². The van der Waals surface area contributed by atoms with Gasteiger partial charge in [0, 0.05) is 18.7 Å². The summed E-state index contributed by atoms with van der Waals surface area (Å²) in [5.74, 6) is -1.06. The number of carbonyl (C=O) groups is 2. The average Bonchev–Trinajstić information content (AvgIpc) is 2.27. The second-order valence-corrected chi connectivity index (χ2v) is 3.98. The molecular formula is C12H16N2O3. The van der Waals surface area contributed by atoms with E-state index in [-0.39, 0.29) is 11.5 Å². The molecule has 1 rings (SSSR count). The van der Waals surface area contributed by atoms with E-state index in [0.29, 0.717) is 18.7 Å². The van der Waals surface area contributed by atoms with Gasteiger partial charge in [0.25, 0.3) is 0 Å². The third-order valence-corrected chi connectivity index (χ3v) is 2.20. The topological polar surface area (TPSA) is 69.6 Å². The van der Waals surface area contributed by atoms with Gasteiger partial charge in [0.05, 0.1) is 5.56 Å². The van der Waals surface area contributed by atoms with Crippen LogP contribution < -0.4 is 5.32 Å². The number of benzene rings is 1. The SMILES string of the molecule is CN(C)CCC(=O)Nc1ccc(C(=O)O)cc1. The molecule has 1 aromatic carbocycles. The molecule has 0 atom stereocenters. The molecule has 0 aliphatic heterocycles. The van der Waals surface area contributed by atoms with Gasteiger partial charge in [-0.05, 0) is 38.4 Å². The van der Waals surface area contributed by atoms with E-state index in [1.807, 2.05) is 19.0 Å². The molecule has 5 nitrogen and oxygen atoms in total. The quantitative estimate of drug-likeness (QED) is 0.807. The highest BCUT2D eigenvalue weighted by molar-refractivity contribution is 5.92. The van der Waals surface area contributed by atoms with Crippen molar-refractivity contribution in [1.29, 1.82) is 0 Å². The van der Waals surface area contributed by atoms with E-state index in [2.05, 4.69) is 5.32 Å². The van der Waals surface area contributed by atoms with Crippen LogP contribution >= 0.6 is 0 Å². The van der Waals surface area contributed by atoms with Crippen molar-refractivity contribution in [2.75, 3.05) is 26.0 Å². The van der Waals surface area contributed by atoms with Crippen LogP contribution in [0.2, 0.25) is 0 Å². The maximum atomic E-state index is 11.5. The van der Waals surface area contributed by atoms with Gasteiger partial charge in [0.15, 0.2) is 0 Å². The second kappa shape index (κ2) is 6.00. The van der Waals surface area contributed by atoms with Crippen LogP contribution in [0.25, 0.3) is 0 Å². The Hall–Kier alpha value is -1.88. The Morgan fingerprint density at radius 3 is 2.29 bits per heavy atom. The molecule has 92 valence electrons. The summed E-state index contributed by atoms with van der Waals surface area (Å²) >= 11 is 0. The number of carboxylic acid groups (broad SMARTS) is 1. The number of hydrogen-bond acceptors (Lipinski definition) is 3. The maximum Gasteiger partial charge on any atom is 0.335 e. The predicted octanol–water partition coefficient (Wildman–Crippen LogP) is 1.27. The first-order chi connectivity index (χ1) is 7.99. The molecular weight excluding hydrogens is 220 g/mol.